The number of carbonyl (C=O) groups is 1. The topological polar surface area (TPSA) is 92.2 Å². The van der Waals surface area contributed by atoms with Crippen LogP contribution in [-0.2, 0) is 17.6 Å². The van der Waals surface area contributed by atoms with Crippen LogP contribution < -0.4 is 20.1 Å². The van der Waals surface area contributed by atoms with Crippen molar-refractivity contribution in [1.29, 1.82) is 0 Å². The van der Waals surface area contributed by atoms with Crippen molar-refractivity contribution >= 4 is 59.4 Å². The molecule has 0 aromatic heterocycles. The summed E-state index contributed by atoms with van der Waals surface area (Å²) in [6.45, 7) is 1.90. The van der Waals surface area contributed by atoms with Crippen LogP contribution >= 0.6 is 47.8 Å². The third-order valence-corrected chi connectivity index (χ3v) is 6.34. The highest BCUT2D eigenvalue weighted by Gasteiger charge is 2.15. The maximum atomic E-state index is 12.5. The highest BCUT2D eigenvalue weighted by Crippen LogP contribution is 2.35. The molecule has 2 aromatic carbocycles. The van der Waals surface area contributed by atoms with Crippen LogP contribution in [0, 0.1) is 0 Å². The van der Waals surface area contributed by atoms with Crippen molar-refractivity contribution in [1.82, 2.24) is 10.6 Å². The first-order valence-corrected chi connectivity index (χ1v) is 12.3. The number of nitrogens with zero attached hydrogens (tertiary/aromatic N) is 1. The summed E-state index contributed by atoms with van der Waals surface area (Å²) in [7, 11) is 3.49. The minimum Gasteiger partial charge on any atom is -0.496 e. The van der Waals surface area contributed by atoms with E-state index in [1.807, 2.05) is 31.3 Å². The van der Waals surface area contributed by atoms with E-state index in [4.69, 9.17) is 9.47 Å². The number of benzene rings is 2. The van der Waals surface area contributed by atoms with Crippen LogP contribution in [0.3, 0.4) is 0 Å². The second-order valence-electron chi connectivity index (χ2n) is 6.89. The molecule has 0 bridgehead atoms. The first-order valence-electron chi connectivity index (χ1n) is 9.96. The smallest absolute Gasteiger partial charge is 0.269 e. The van der Waals surface area contributed by atoms with E-state index in [0.29, 0.717) is 25.3 Å². The summed E-state index contributed by atoms with van der Waals surface area (Å²) >= 11 is 10.5. The van der Waals surface area contributed by atoms with Crippen LogP contribution in [0.4, 0.5) is 0 Å². The van der Waals surface area contributed by atoms with Crippen molar-refractivity contribution in [2.45, 2.75) is 19.3 Å². The van der Waals surface area contributed by atoms with E-state index in [2.05, 4.69) is 63.6 Å². The number of oxime groups is 1. The number of carbonyl (C=O) groups excluding carboxylic acids is 1. The van der Waals surface area contributed by atoms with Crippen LogP contribution in [0.2, 0.25) is 0 Å². The molecule has 0 aliphatic rings. The van der Waals surface area contributed by atoms with E-state index < -0.39 is 5.91 Å². The Morgan fingerprint density at radius 1 is 1.06 bits per heavy atom. The number of amides is 1. The minimum atomic E-state index is -0.415. The van der Waals surface area contributed by atoms with Crippen LogP contribution in [0.15, 0.2) is 48.9 Å². The molecule has 0 atom stereocenters. The predicted octanol–water partition coefficient (Wildman–Crippen LogP) is 4.70. The molecular formula is C22H26Br3N3O4. The lowest BCUT2D eigenvalue weighted by Crippen LogP contribution is -2.33. The molecule has 7 nitrogen and oxygen atoms in total. The van der Waals surface area contributed by atoms with Gasteiger partial charge in [0.2, 0.25) is 0 Å². The van der Waals surface area contributed by atoms with Crippen LogP contribution in [0.5, 0.6) is 11.5 Å². The number of rotatable bonds is 12. The summed E-state index contributed by atoms with van der Waals surface area (Å²) in [5.74, 6) is 1.03. The van der Waals surface area contributed by atoms with E-state index in [1.54, 1.807) is 13.2 Å². The summed E-state index contributed by atoms with van der Waals surface area (Å²) < 4.78 is 13.5. The molecule has 10 heteroatoms. The monoisotopic (exact) mass is 633 g/mol. The molecule has 0 saturated heterocycles. The van der Waals surface area contributed by atoms with Gasteiger partial charge in [-0.3, -0.25) is 4.79 Å². The number of ether oxygens (including phenoxy) is 2. The Labute approximate surface area is 213 Å². The maximum Gasteiger partial charge on any atom is 0.269 e. The van der Waals surface area contributed by atoms with Crippen molar-refractivity contribution in [3.63, 3.8) is 0 Å². The Kier molecular flexibility index (Phi) is 11.5. The van der Waals surface area contributed by atoms with Crippen molar-refractivity contribution < 1.29 is 19.5 Å². The summed E-state index contributed by atoms with van der Waals surface area (Å²) in [6.07, 6.45) is 1.71. The Bertz CT molecular complexity index is 931. The largest absolute Gasteiger partial charge is 0.496 e. The van der Waals surface area contributed by atoms with Gasteiger partial charge in [0.1, 0.15) is 17.2 Å². The van der Waals surface area contributed by atoms with E-state index in [1.165, 1.54) is 0 Å². The van der Waals surface area contributed by atoms with Gasteiger partial charge in [-0.2, -0.15) is 0 Å². The van der Waals surface area contributed by atoms with Gasteiger partial charge in [0.05, 0.1) is 27.1 Å². The normalized spacial score (nSPS) is 11.3. The molecule has 0 heterocycles. The zero-order valence-corrected chi connectivity index (χ0v) is 22.6. The van der Waals surface area contributed by atoms with Gasteiger partial charge in [0.15, 0.2) is 0 Å². The lowest BCUT2D eigenvalue weighted by molar-refractivity contribution is -0.115. The summed E-state index contributed by atoms with van der Waals surface area (Å²) in [6, 6.07) is 9.38. The fourth-order valence-corrected chi connectivity index (χ4v) is 5.01. The molecular weight excluding hydrogens is 610 g/mol. The second-order valence-corrected chi connectivity index (χ2v) is 9.46. The van der Waals surface area contributed by atoms with E-state index in [0.717, 1.165) is 43.3 Å². The molecule has 0 aliphatic carbocycles. The summed E-state index contributed by atoms with van der Waals surface area (Å²) in [4.78, 5) is 12.5. The zero-order chi connectivity index (χ0) is 23.5. The predicted molar refractivity (Wildman–Crippen MR) is 136 cm³/mol. The number of halogens is 3. The molecule has 0 fully saturated rings. The first kappa shape index (κ1) is 26.6. The Hall–Kier alpha value is -1.62. The van der Waals surface area contributed by atoms with Gasteiger partial charge >= 0.3 is 0 Å². The molecule has 2 rings (SSSR count). The van der Waals surface area contributed by atoms with Gasteiger partial charge in [-0.15, -0.1) is 0 Å². The standard InChI is InChI=1S/C22H26Br3N3O4/c1-26-7-3-9-32-21-17(24)11-15(12-18(21)25)6-8-27-22(29)19(28-30)13-14-4-5-20(31-2)16(23)10-14/h4-5,10-12,26,30H,3,6-9,13H2,1-2H3,(H,27,29)/b28-19-. The number of nitrogens with one attached hydrogen (secondary N) is 2. The fourth-order valence-electron chi connectivity index (χ4n) is 2.91. The Morgan fingerprint density at radius 3 is 2.34 bits per heavy atom. The van der Waals surface area contributed by atoms with Gasteiger partial charge < -0.3 is 25.3 Å². The van der Waals surface area contributed by atoms with E-state index in [-0.39, 0.29) is 12.1 Å². The SMILES string of the molecule is CNCCCOc1c(Br)cc(CCNC(=O)/C(Cc2ccc(OC)c(Br)c2)=N\O)cc1Br. The van der Waals surface area contributed by atoms with Crippen LogP contribution in [-0.4, -0.2) is 50.7 Å². The molecule has 0 saturated carbocycles. The van der Waals surface area contributed by atoms with Gasteiger partial charge in [-0.05, 0) is 110 Å². The molecule has 32 heavy (non-hydrogen) atoms. The average molecular weight is 636 g/mol. The highest BCUT2D eigenvalue weighted by atomic mass is 79.9. The van der Waals surface area contributed by atoms with Crippen molar-refractivity contribution in [3.8, 4) is 11.5 Å². The van der Waals surface area contributed by atoms with Crippen LogP contribution in [0.1, 0.15) is 17.5 Å². The van der Waals surface area contributed by atoms with Crippen LogP contribution in [0.25, 0.3) is 0 Å². The highest BCUT2D eigenvalue weighted by molar-refractivity contribution is 9.11. The first-order chi connectivity index (χ1) is 15.4. The molecule has 0 aliphatic heterocycles. The minimum absolute atomic E-state index is 0.0368. The molecule has 2 aromatic rings. The van der Waals surface area contributed by atoms with Gasteiger partial charge in [0, 0.05) is 13.0 Å². The molecule has 174 valence electrons. The van der Waals surface area contributed by atoms with E-state index >= 15 is 0 Å². The Morgan fingerprint density at radius 2 is 1.75 bits per heavy atom. The average Bonchev–Trinajstić information content (AvgIpc) is 2.76. The Balaban J connectivity index is 1.90. The van der Waals surface area contributed by atoms with Crippen molar-refractivity contribution in [3.05, 3.63) is 54.9 Å². The number of methoxy groups -OCH3 is 1. The van der Waals surface area contributed by atoms with Crippen molar-refractivity contribution in [2.24, 2.45) is 5.16 Å². The summed E-state index contributed by atoms with van der Waals surface area (Å²) in [5.41, 5.74) is 1.88. The second kappa shape index (κ2) is 13.8. The lowest BCUT2D eigenvalue weighted by atomic mass is 10.1. The van der Waals surface area contributed by atoms with Gasteiger partial charge in [-0.1, -0.05) is 11.2 Å². The zero-order valence-electron chi connectivity index (χ0n) is 17.9. The number of hydrogen-bond acceptors (Lipinski definition) is 6. The maximum absolute atomic E-state index is 12.5. The third kappa shape index (κ3) is 8.06. The molecule has 0 spiro atoms. The van der Waals surface area contributed by atoms with Gasteiger partial charge in [-0.25, -0.2) is 0 Å². The van der Waals surface area contributed by atoms with Gasteiger partial charge in [0.25, 0.3) is 5.91 Å². The molecule has 0 radical (unpaired) electrons. The molecule has 0 unspecified atom stereocenters. The molecule has 3 N–H and O–H groups in total. The van der Waals surface area contributed by atoms with Crippen molar-refractivity contribution in [2.75, 3.05) is 33.9 Å². The summed E-state index contributed by atoms with van der Waals surface area (Å²) in [5, 5.41) is 18.4. The quantitative estimate of drug-likeness (QED) is 0.136. The number of hydrogen-bond donors (Lipinski definition) is 3. The molecule has 1 amide bonds. The van der Waals surface area contributed by atoms with E-state index in [9.17, 15) is 10.0 Å². The third-order valence-electron chi connectivity index (χ3n) is 4.55. The lowest BCUT2D eigenvalue weighted by Gasteiger charge is -2.13. The fraction of sp³-hybridized carbons (Fsp3) is 0.364.